The highest BCUT2D eigenvalue weighted by molar-refractivity contribution is 5.93. The first kappa shape index (κ1) is 19.4. The van der Waals surface area contributed by atoms with Gasteiger partial charge in [0.25, 0.3) is 0 Å². The topological polar surface area (TPSA) is 61.7 Å². The molecule has 0 aliphatic carbocycles. The van der Waals surface area contributed by atoms with Crippen LogP contribution in [-0.2, 0) is 4.79 Å². The number of carbonyl (C=O) groups is 1. The molecule has 0 spiro atoms. The predicted molar refractivity (Wildman–Crippen MR) is 108 cm³/mol. The highest BCUT2D eigenvalue weighted by Crippen LogP contribution is 2.30. The summed E-state index contributed by atoms with van der Waals surface area (Å²) < 4.78 is 17.8. The number of nitrogens with zero attached hydrogens (tertiary/aromatic N) is 1. The van der Waals surface area contributed by atoms with Crippen LogP contribution in [-0.4, -0.2) is 31.8 Å². The lowest BCUT2D eigenvalue weighted by molar-refractivity contribution is -0.116. The molecule has 1 unspecified atom stereocenters. The maximum absolute atomic E-state index is 12.8. The number of rotatable bonds is 8. The lowest BCUT2D eigenvalue weighted by Gasteiger charge is -2.20. The normalized spacial score (nSPS) is 11.5. The first-order valence-corrected chi connectivity index (χ1v) is 8.93. The van der Waals surface area contributed by atoms with Crippen molar-refractivity contribution in [2.45, 2.75) is 12.5 Å². The molecule has 1 N–H and O–H groups in total. The lowest BCUT2D eigenvalue weighted by atomic mass is 10.0. The first-order chi connectivity index (χ1) is 13.6. The monoisotopic (exact) mass is 380 g/mol. The second-order valence-electron chi connectivity index (χ2n) is 6.24. The molecule has 1 aromatic heterocycles. The Morgan fingerprint density at radius 1 is 0.929 bits per heavy atom. The number of ether oxygens (including phenoxy) is 3. The molecular formula is C22H24N2O4. The predicted octanol–water partition coefficient (Wildman–Crippen LogP) is 4.13. The molecule has 0 bridgehead atoms. The van der Waals surface area contributed by atoms with E-state index in [9.17, 15) is 4.79 Å². The number of amides is 1. The summed E-state index contributed by atoms with van der Waals surface area (Å²) in [6, 6.07) is 16.8. The summed E-state index contributed by atoms with van der Waals surface area (Å²) in [5, 5.41) is 2.94. The number of methoxy groups -OCH3 is 3. The zero-order valence-corrected chi connectivity index (χ0v) is 16.2. The van der Waals surface area contributed by atoms with Crippen molar-refractivity contribution in [2.24, 2.45) is 0 Å². The Morgan fingerprint density at radius 3 is 2.18 bits per heavy atom. The molecule has 0 saturated carbocycles. The highest BCUT2D eigenvalue weighted by atomic mass is 16.5. The van der Waals surface area contributed by atoms with E-state index in [0.717, 1.165) is 11.3 Å². The van der Waals surface area contributed by atoms with Crippen LogP contribution in [0, 0.1) is 0 Å². The number of aromatic nitrogens is 1. The summed E-state index contributed by atoms with van der Waals surface area (Å²) in [6.45, 7) is 0. The van der Waals surface area contributed by atoms with Gasteiger partial charge in [0.05, 0.1) is 39.5 Å². The van der Waals surface area contributed by atoms with Crippen LogP contribution in [0.1, 0.15) is 18.0 Å². The van der Waals surface area contributed by atoms with E-state index in [-0.39, 0.29) is 18.4 Å². The van der Waals surface area contributed by atoms with Crippen LogP contribution >= 0.6 is 0 Å². The molecular weight excluding hydrogens is 356 g/mol. The fraction of sp³-hybridized carbons (Fsp3) is 0.227. The lowest BCUT2D eigenvalue weighted by Crippen LogP contribution is -2.20. The standard InChI is InChI=1S/C22H24N2O4/c1-26-17-8-6-16(7-9-17)20(24-12-4-5-13-24)15-22(25)23-19-11-10-18(27-2)14-21(19)28-3/h4-14,20H,15H2,1-3H3,(H,23,25). The molecule has 1 atom stereocenters. The van der Waals surface area contributed by atoms with Gasteiger partial charge in [0.2, 0.25) is 5.91 Å². The Balaban J connectivity index is 1.80. The van der Waals surface area contributed by atoms with Crippen LogP contribution < -0.4 is 19.5 Å². The smallest absolute Gasteiger partial charge is 0.226 e. The van der Waals surface area contributed by atoms with Crippen LogP contribution in [0.2, 0.25) is 0 Å². The van der Waals surface area contributed by atoms with Crippen molar-refractivity contribution in [1.82, 2.24) is 4.57 Å². The molecule has 0 radical (unpaired) electrons. The molecule has 0 aliphatic heterocycles. The number of benzene rings is 2. The molecule has 3 rings (SSSR count). The van der Waals surface area contributed by atoms with Crippen molar-refractivity contribution in [2.75, 3.05) is 26.6 Å². The van der Waals surface area contributed by atoms with Gasteiger partial charge in [0.15, 0.2) is 0 Å². The number of nitrogens with one attached hydrogen (secondary N) is 1. The Morgan fingerprint density at radius 2 is 1.57 bits per heavy atom. The van der Waals surface area contributed by atoms with Crippen molar-refractivity contribution >= 4 is 11.6 Å². The molecule has 0 aliphatic rings. The van der Waals surface area contributed by atoms with E-state index >= 15 is 0 Å². The summed E-state index contributed by atoms with van der Waals surface area (Å²) >= 11 is 0. The van der Waals surface area contributed by atoms with Crippen LogP contribution in [0.25, 0.3) is 0 Å². The van der Waals surface area contributed by atoms with Gasteiger partial charge in [-0.15, -0.1) is 0 Å². The van der Waals surface area contributed by atoms with E-state index in [2.05, 4.69) is 5.32 Å². The summed E-state index contributed by atoms with van der Waals surface area (Å²) in [4.78, 5) is 12.8. The fourth-order valence-electron chi connectivity index (χ4n) is 3.06. The van der Waals surface area contributed by atoms with Gasteiger partial charge in [-0.3, -0.25) is 4.79 Å². The molecule has 6 heteroatoms. The zero-order valence-electron chi connectivity index (χ0n) is 16.2. The van der Waals surface area contributed by atoms with Gasteiger partial charge in [0.1, 0.15) is 17.2 Å². The average Bonchev–Trinajstić information content (AvgIpc) is 3.27. The van der Waals surface area contributed by atoms with Crippen LogP contribution in [0.3, 0.4) is 0 Å². The minimum Gasteiger partial charge on any atom is -0.497 e. The molecule has 1 heterocycles. The molecule has 6 nitrogen and oxygen atoms in total. The van der Waals surface area contributed by atoms with Gasteiger partial charge < -0.3 is 24.1 Å². The molecule has 0 saturated heterocycles. The van der Waals surface area contributed by atoms with Crippen LogP contribution in [0.5, 0.6) is 17.2 Å². The van der Waals surface area contributed by atoms with Crippen LogP contribution in [0.4, 0.5) is 5.69 Å². The van der Waals surface area contributed by atoms with E-state index < -0.39 is 0 Å². The van der Waals surface area contributed by atoms with Crippen LogP contribution in [0.15, 0.2) is 67.0 Å². The zero-order chi connectivity index (χ0) is 19.9. The number of anilines is 1. The van der Waals surface area contributed by atoms with Gasteiger partial charge in [-0.1, -0.05) is 12.1 Å². The van der Waals surface area contributed by atoms with E-state index in [4.69, 9.17) is 14.2 Å². The Bertz CT molecular complexity index is 905. The minimum absolute atomic E-state index is 0.113. The third-order valence-electron chi connectivity index (χ3n) is 4.55. The van der Waals surface area contributed by atoms with Gasteiger partial charge in [-0.05, 0) is 42.0 Å². The van der Waals surface area contributed by atoms with E-state index in [1.165, 1.54) is 0 Å². The van der Waals surface area contributed by atoms with E-state index in [1.807, 2.05) is 53.4 Å². The second kappa shape index (κ2) is 8.99. The molecule has 1 amide bonds. The third kappa shape index (κ3) is 4.46. The molecule has 28 heavy (non-hydrogen) atoms. The van der Waals surface area contributed by atoms with Crippen molar-refractivity contribution in [1.29, 1.82) is 0 Å². The fourth-order valence-corrected chi connectivity index (χ4v) is 3.06. The molecule has 0 fully saturated rings. The van der Waals surface area contributed by atoms with E-state index in [0.29, 0.717) is 17.2 Å². The number of hydrogen-bond acceptors (Lipinski definition) is 4. The molecule has 3 aromatic rings. The largest absolute Gasteiger partial charge is 0.497 e. The highest BCUT2D eigenvalue weighted by Gasteiger charge is 2.19. The Labute approximate surface area is 164 Å². The van der Waals surface area contributed by atoms with Crippen molar-refractivity contribution < 1.29 is 19.0 Å². The molecule has 146 valence electrons. The minimum atomic E-state index is -0.134. The quantitative estimate of drug-likeness (QED) is 0.638. The maximum atomic E-state index is 12.8. The number of hydrogen-bond donors (Lipinski definition) is 1. The third-order valence-corrected chi connectivity index (χ3v) is 4.55. The van der Waals surface area contributed by atoms with Crippen molar-refractivity contribution in [3.05, 3.63) is 72.6 Å². The van der Waals surface area contributed by atoms with Crippen molar-refractivity contribution in [3.8, 4) is 17.2 Å². The van der Waals surface area contributed by atoms with Gasteiger partial charge in [-0.25, -0.2) is 0 Å². The first-order valence-electron chi connectivity index (χ1n) is 8.93. The Hall–Kier alpha value is -3.41. The SMILES string of the molecule is COc1ccc(C(CC(=O)Nc2ccc(OC)cc2OC)n2cccc2)cc1. The van der Waals surface area contributed by atoms with Gasteiger partial charge >= 0.3 is 0 Å². The maximum Gasteiger partial charge on any atom is 0.226 e. The summed E-state index contributed by atoms with van der Waals surface area (Å²) in [5.41, 5.74) is 1.63. The van der Waals surface area contributed by atoms with E-state index in [1.54, 1.807) is 39.5 Å². The Kier molecular flexibility index (Phi) is 6.22. The number of carbonyl (C=O) groups excluding carboxylic acids is 1. The summed E-state index contributed by atoms with van der Waals surface area (Å²) in [5.74, 6) is 1.88. The summed E-state index contributed by atoms with van der Waals surface area (Å²) in [7, 11) is 4.78. The summed E-state index contributed by atoms with van der Waals surface area (Å²) in [6.07, 6.45) is 4.18. The molecule has 2 aromatic carbocycles. The van der Waals surface area contributed by atoms with Gasteiger partial charge in [0, 0.05) is 18.5 Å². The average molecular weight is 380 g/mol. The van der Waals surface area contributed by atoms with Gasteiger partial charge in [-0.2, -0.15) is 0 Å². The second-order valence-corrected chi connectivity index (χ2v) is 6.24. The van der Waals surface area contributed by atoms with Crippen molar-refractivity contribution in [3.63, 3.8) is 0 Å².